The number of primary amides is 1. The highest BCUT2D eigenvalue weighted by Gasteiger charge is 2.40. The molecule has 0 spiro atoms. The van der Waals surface area contributed by atoms with Gasteiger partial charge in [-0.1, -0.05) is 67.6 Å². The summed E-state index contributed by atoms with van der Waals surface area (Å²) in [6.45, 7) is 9.35. The molecule has 1 heterocycles. The molecule has 3 aromatic carbocycles. The first-order chi connectivity index (χ1) is 24.6. The third-order valence-electron chi connectivity index (χ3n) is 9.08. The molecule has 12 nitrogen and oxygen atoms in total. The van der Waals surface area contributed by atoms with Gasteiger partial charge in [-0.15, -0.1) is 0 Å². The summed E-state index contributed by atoms with van der Waals surface area (Å²) in [5, 5.41) is 18.1. The van der Waals surface area contributed by atoms with Gasteiger partial charge in [0.05, 0.1) is 0 Å². The zero-order valence-corrected chi connectivity index (χ0v) is 30.6. The molecule has 4 atom stereocenters. The number of carbonyl (C=O) groups is 5. The highest BCUT2D eigenvalue weighted by Crippen LogP contribution is 2.23. The van der Waals surface area contributed by atoms with E-state index in [0.29, 0.717) is 24.8 Å². The van der Waals surface area contributed by atoms with Crippen LogP contribution in [0, 0.1) is 6.92 Å². The summed E-state index contributed by atoms with van der Waals surface area (Å²) in [4.78, 5) is 69.1. The molecule has 12 heteroatoms. The minimum Gasteiger partial charge on any atom is -0.508 e. The fraction of sp³-hybridized carbons (Fsp3) is 0.425. The van der Waals surface area contributed by atoms with E-state index in [0.717, 1.165) is 22.3 Å². The monoisotopic (exact) mass is 713 g/mol. The fourth-order valence-electron chi connectivity index (χ4n) is 6.43. The smallest absolute Gasteiger partial charge is 0.408 e. The molecule has 52 heavy (non-hydrogen) atoms. The highest BCUT2D eigenvalue weighted by atomic mass is 16.6. The number of ether oxygens (including phenoxy) is 1. The van der Waals surface area contributed by atoms with Crippen molar-refractivity contribution in [1.29, 1.82) is 0 Å². The molecule has 0 bridgehead atoms. The summed E-state index contributed by atoms with van der Waals surface area (Å²) in [6.07, 6.45) is 1.18. The largest absolute Gasteiger partial charge is 0.508 e. The number of alkyl carbamates (subject to hydrolysis) is 1. The Kier molecular flexibility index (Phi) is 13.4. The molecule has 0 aliphatic carbocycles. The van der Waals surface area contributed by atoms with Crippen molar-refractivity contribution in [3.05, 3.63) is 101 Å². The number of amides is 5. The van der Waals surface area contributed by atoms with E-state index in [9.17, 15) is 29.1 Å². The average molecular weight is 714 g/mol. The van der Waals surface area contributed by atoms with Crippen LogP contribution in [0.2, 0.25) is 0 Å². The molecule has 6 N–H and O–H groups in total. The van der Waals surface area contributed by atoms with Crippen molar-refractivity contribution in [2.75, 3.05) is 6.54 Å². The number of rotatable bonds is 14. The van der Waals surface area contributed by atoms with Gasteiger partial charge in [-0.25, -0.2) is 4.79 Å². The number of nitrogens with two attached hydrogens (primary N) is 1. The van der Waals surface area contributed by atoms with Crippen molar-refractivity contribution in [3.8, 4) is 5.75 Å². The van der Waals surface area contributed by atoms with E-state index < -0.39 is 59.5 Å². The Morgan fingerprint density at radius 2 is 1.50 bits per heavy atom. The number of aryl methyl sites for hydroxylation is 2. The second-order valence-corrected chi connectivity index (χ2v) is 14.2. The quantitative estimate of drug-likeness (QED) is 0.169. The number of hydrogen-bond donors (Lipinski definition) is 5. The standard InChI is InChI=1S/C40H51N5O7/c1-6-28-15-10-12-25(2)30(28)24-32(36(48)42-31(35(41)47)22-26-13-8-7-9-14-26)43-37(49)34-16-11-21-45(34)38(50)33(44-39(51)52-40(3,4)5)23-27-17-19-29(46)20-18-27/h7-10,12-15,17-20,31-34,46H,6,11,16,21-24H2,1-5H3,(H2,41,47)(H,42,48)(H,43,49)(H,44,51)/t31-,32-,33-,34-/m0/s1. The summed E-state index contributed by atoms with van der Waals surface area (Å²) in [6, 6.07) is 17.2. The van der Waals surface area contributed by atoms with Gasteiger partial charge in [0.1, 0.15) is 35.5 Å². The second kappa shape index (κ2) is 17.7. The van der Waals surface area contributed by atoms with Gasteiger partial charge in [0.15, 0.2) is 0 Å². The molecular weight excluding hydrogens is 662 g/mol. The highest BCUT2D eigenvalue weighted by molar-refractivity contribution is 5.95. The maximum absolute atomic E-state index is 14.2. The van der Waals surface area contributed by atoms with Crippen LogP contribution in [0.4, 0.5) is 4.79 Å². The van der Waals surface area contributed by atoms with E-state index in [1.165, 1.54) is 17.0 Å². The lowest BCUT2D eigenvalue weighted by atomic mass is 9.93. The Labute approximate surface area is 305 Å². The Balaban J connectivity index is 1.59. The van der Waals surface area contributed by atoms with Crippen LogP contribution < -0.4 is 21.7 Å². The summed E-state index contributed by atoms with van der Waals surface area (Å²) >= 11 is 0. The third kappa shape index (κ3) is 11.1. The maximum atomic E-state index is 14.2. The van der Waals surface area contributed by atoms with Gasteiger partial charge in [-0.2, -0.15) is 0 Å². The molecule has 278 valence electrons. The van der Waals surface area contributed by atoms with Gasteiger partial charge in [0.25, 0.3) is 0 Å². The Morgan fingerprint density at radius 3 is 2.13 bits per heavy atom. The molecular formula is C40H51N5O7. The van der Waals surface area contributed by atoms with Crippen molar-refractivity contribution in [2.24, 2.45) is 5.73 Å². The van der Waals surface area contributed by atoms with Crippen molar-refractivity contribution in [1.82, 2.24) is 20.9 Å². The molecule has 1 aliphatic heterocycles. The van der Waals surface area contributed by atoms with Gasteiger partial charge < -0.3 is 36.4 Å². The van der Waals surface area contributed by atoms with Gasteiger partial charge in [0, 0.05) is 25.8 Å². The van der Waals surface area contributed by atoms with Crippen molar-refractivity contribution < 1.29 is 33.8 Å². The number of benzene rings is 3. The van der Waals surface area contributed by atoms with Crippen LogP contribution in [0.1, 0.15) is 68.4 Å². The Bertz CT molecular complexity index is 1720. The first-order valence-electron chi connectivity index (χ1n) is 17.7. The molecule has 0 unspecified atom stereocenters. The SMILES string of the molecule is CCc1cccc(C)c1C[C@H](NC(=O)[C@@H]1CCCN1C(=O)[C@H](Cc1ccc(O)cc1)NC(=O)OC(C)(C)C)C(=O)N[C@@H](Cc1ccccc1)C(N)=O. The minimum absolute atomic E-state index is 0.0561. The Morgan fingerprint density at radius 1 is 0.846 bits per heavy atom. The zero-order chi connectivity index (χ0) is 38.0. The van der Waals surface area contributed by atoms with Crippen LogP contribution in [0.5, 0.6) is 5.75 Å². The molecule has 0 aromatic heterocycles. The minimum atomic E-state index is -1.10. The van der Waals surface area contributed by atoms with Crippen LogP contribution in [0.3, 0.4) is 0 Å². The number of aromatic hydroxyl groups is 1. The number of nitrogens with one attached hydrogen (secondary N) is 3. The number of likely N-dealkylation sites (tertiary alicyclic amines) is 1. The van der Waals surface area contributed by atoms with Crippen molar-refractivity contribution >= 4 is 29.7 Å². The van der Waals surface area contributed by atoms with Crippen LogP contribution in [-0.2, 0) is 49.6 Å². The third-order valence-corrected chi connectivity index (χ3v) is 9.08. The number of carbonyl (C=O) groups excluding carboxylic acids is 5. The van der Waals surface area contributed by atoms with E-state index in [4.69, 9.17) is 10.5 Å². The van der Waals surface area contributed by atoms with Crippen molar-refractivity contribution in [3.63, 3.8) is 0 Å². The van der Waals surface area contributed by atoms with Crippen LogP contribution in [0.15, 0.2) is 72.8 Å². The predicted octanol–water partition coefficient (Wildman–Crippen LogP) is 3.63. The molecule has 4 rings (SSSR count). The molecule has 0 radical (unpaired) electrons. The molecule has 1 aliphatic rings. The van der Waals surface area contributed by atoms with Crippen LogP contribution >= 0.6 is 0 Å². The zero-order valence-electron chi connectivity index (χ0n) is 30.6. The predicted molar refractivity (Wildman–Crippen MR) is 197 cm³/mol. The lowest BCUT2D eigenvalue weighted by Gasteiger charge is -2.31. The summed E-state index contributed by atoms with van der Waals surface area (Å²) in [5.41, 5.74) is 9.27. The van der Waals surface area contributed by atoms with Gasteiger partial charge in [-0.05, 0) is 86.9 Å². The number of nitrogens with zero attached hydrogens (tertiary/aromatic N) is 1. The van der Waals surface area contributed by atoms with Crippen LogP contribution in [-0.4, -0.2) is 76.0 Å². The number of hydrogen-bond acceptors (Lipinski definition) is 7. The van der Waals surface area contributed by atoms with E-state index in [-0.39, 0.29) is 31.6 Å². The second-order valence-electron chi connectivity index (χ2n) is 14.2. The van der Waals surface area contributed by atoms with E-state index in [1.807, 2.05) is 62.4 Å². The fourth-order valence-corrected chi connectivity index (χ4v) is 6.43. The maximum Gasteiger partial charge on any atom is 0.408 e. The first-order valence-corrected chi connectivity index (χ1v) is 17.7. The summed E-state index contributed by atoms with van der Waals surface area (Å²) in [5.74, 6) is -2.25. The van der Waals surface area contributed by atoms with Gasteiger partial charge in [-0.3, -0.25) is 19.2 Å². The van der Waals surface area contributed by atoms with Crippen LogP contribution in [0.25, 0.3) is 0 Å². The Hall–Kier alpha value is -5.39. The lowest BCUT2D eigenvalue weighted by Crippen LogP contribution is -2.58. The van der Waals surface area contributed by atoms with E-state index in [1.54, 1.807) is 32.9 Å². The topological polar surface area (TPSA) is 180 Å². The summed E-state index contributed by atoms with van der Waals surface area (Å²) < 4.78 is 5.44. The van der Waals surface area contributed by atoms with Crippen molar-refractivity contribution in [2.45, 2.75) is 103 Å². The van der Waals surface area contributed by atoms with Gasteiger partial charge in [0.2, 0.25) is 23.6 Å². The average Bonchev–Trinajstić information content (AvgIpc) is 3.58. The lowest BCUT2D eigenvalue weighted by molar-refractivity contribution is -0.141. The normalized spacial score (nSPS) is 15.9. The van der Waals surface area contributed by atoms with E-state index >= 15 is 0 Å². The molecule has 3 aromatic rings. The molecule has 1 saturated heterocycles. The molecule has 5 amide bonds. The number of phenolic OH excluding ortho intramolecular Hbond substituents is 1. The van der Waals surface area contributed by atoms with Gasteiger partial charge >= 0.3 is 6.09 Å². The summed E-state index contributed by atoms with van der Waals surface area (Å²) in [7, 11) is 0. The molecule has 1 fully saturated rings. The number of phenols is 1. The first kappa shape index (κ1) is 39.4. The van der Waals surface area contributed by atoms with E-state index in [2.05, 4.69) is 16.0 Å². The molecule has 0 saturated carbocycles.